The Bertz CT molecular complexity index is 778. The van der Waals surface area contributed by atoms with Crippen LogP contribution in [0.1, 0.15) is 53.5 Å². The third kappa shape index (κ3) is 2.77. The summed E-state index contributed by atoms with van der Waals surface area (Å²) in [4.78, 5) is 21.1. The van der Waals surface area contributed by atoms with Crippen molar-refractivity contribution in [2.45, 2.75) is 51.8 Å². The van der Waals surface area contributed by atoms with Crippen molar-refractivity contribution in [2.75, 3.05) is 0 Å². The lowest BCUT2D eigenvalue weighted by molar-refractivity contribution is -0.116. The Morgan fingerprint density at radius 2 is 2.33 bits per heavy atom. The second kappa shape index (κ2) is 5.34. The molecule has 2 aromatic rings. The molecule has 3 nitrogen and oxygen atoms in total. The fourth-order valence-corrected chi connectivity index (χ4v) is 3.76. The van der Waals surface area contributed by atoms with Crippen LogP contribution in [0, 0.1) is 6.92 Å². The number of pyridine rings is 1. The largest absolute Gasteiger partial charge is 0.300 e. The third-order valence-electron chi connectivity index (χ3n) is 3.96. The smallest absolute Gasteiger partial charge is 0.136 e. The topological polar surface area (TPSA) is 42.9 Å². The molecule has 0 saturated heterocycles. The van der Waals surface area contributed by atoms with Crippen molar-refractivity contribution in [3.63, 3.8) is 0 Å². The van der Waals surface area contributed by atoms with Gasteiger partial charge in [0.1, 0.15) is 10.8 Å². The second-order valence-corrected chi connectivity index (χ2v) is 6.85. The average molecular weight is 303 g/mol. The summed E-state index contributed by atoms with van der Waals surface area (Å²) in [6.45, 7) is 1.43. The maximum absolute atomic E-state index is 11.3. The Balaban J connectivity index is 2.00. The predicted octanol–water partition coefficient (Wildman–Crippen LogP) is 4.09. The molecule has 0 N–H and O–H groups in total. The van der Waals surface area contributed by atoms with Crippen LogP contribution in [0.2, 0.25) is 0 Å². The van der Waals surface area contributed by atoms with Crippen molar-refractivity contribution in [3.8, 4) is 10.4 Å². The van der Waals surface area contributed by atoms with Gasteiger partial charge in [-0.3, -0.25) is 9.78 Å². The number of aromatic nitrogens is 2. The summed E-state index contributed by atoms with van der Waals surface area (Å²) in [5.41, 5.74) is 1.63. The van der Waals surface area contributed by atoms with E-state index in [2.05, 4.69) is 9.97 Å². The molecule has 0 aliphatic heterocycles. The van der Waals surface area contributed by atoms with Crippen LogP contribution in [0.25, 0.3) is 10.4 Å². The minimum Gasteiger partial charge on any atom is -0.300 e. The van der Waals surface area contributed by atoms with Crippen molar-refractivity contribution in [1.29, 1.82) is 0 Å². The molecule has 0 bridgehead atoms. The molecule has 21 heavy (non-hydrogen) atoms. The van der Waals surface area contributed by atoms with Crippen LogP contribution in [0.15, 0.2) is 18.3 Å². The summed E-state index contributed by atoms with van der Waals surface area (Å²) in [6, 6.07) is 3.77. The number of nitrogens with zero attached hydrogens (tertiary/aromatic N) is 2. The summed E-state index contributed by atoms with van der Waals surface area (Å²) in [7, 11) is 0. The molecule has 1 fully saturated rings. The van der Waals surface area contributed by atoms with Crippen LogP contribution < -0.4 is 0 Å². The van der Waals surface area contributed by atoms with E-state index in [1.807, 2.05) is 19.1 Å². The van der Waals surface area contributed by atoms with Crippen LogP contribution in [-0.2, 0) is 16.6 Å². The highest BCUT2D eigenvalue weighted by molar-refractivity contribution is 7.15. The molecule has 0 unspecified atom stereocenters. The van der Waals surface area contributed by atoms with Gasteiger partial charge in [-0.15, -0.1) is 11.3 Å². The molecule has 1 saturated carbocycles. The number of hydrogen-bond donors (Lipinski definition) is 0. The zero-order chi connectivity index (χ0) is 17.5. The van der Waals surface area contributed by atoms with Gasteiger partial charge in [0.05, 0.1) is 17.0 Å². The van der Waals surface area contributed by atoms with E-state index >= 15 is 0 Å². The van der Waals surface area contributed by atoms with Crippen molar-refractivity contribution in [1.82, 2.24) is 9.97 Å². The number of Topliss-reactive ketones (excluding diaryl/α,β-unsaturated/α-hetero) is 1. The van der Waals surface area contributed by atoms with Gasteiger partial charge < -0.3 is 0 Å². The highest BCUT2D eigenvalue weighted by atomic mass is 32.1. The highest BCUT2D eigenvalue weighted by Gasteiger charge is 2.35. The van der Waals surface area contributed by atoms with Gasteiger partial charge in [0.25, 0.3) is 0 Å². The molecule has 1 aliphatic rings. The Labute approximate surface area is 133 Å². The summed E-state index contributed by atoms with van der Waals surface area (Å²) in [5, 5.41) is 0.794. The first-order chi connectivity index (χ1) is 11.2. The summed E-state index contributed by atoms with van der Waals surface area (Å²) in [5.74, 6) is 0.0848. The predicted molar refractivity (Wildman–Crippen MR) is 85.7 cm³/mol. The fraction of sp³-hybridized carbons (Fsp3) is 0.471. The number of rotatable bonds is 4. The second-order valence-electron chi connectivity index (χ2n) is 5.77. The molecule has 0 amide bonds. The van der Waals surface area contributed by atoms with Gasteiger partial charge in [0, 0.05) is 21.4 Å². The quantitative estimate of drug-likeness (QED) is 0.854. The van der Waals surface area contributed by atoms with Gasteiger partial charge in [0.15, 0.2) is 0 Å². The number of aryl methyl sites for hydroxylation is 1. The number of carbonyl (C=O) groups is 1. The van der Waals surface area contributed by atoms with Gasteiger partial charge in [-0.1, -0.05) is 13.3 Å². The Hall–Kier alpha value is -1.55. The Morgan fingerprint density at radius 1 is 1.52 bits per heavy atom. The lowest BCUT2D eigenvalue weighted by Gasteiger charge is -2.37. The maximum atomic E-state index is 11.3. The van der Waals surface area contributed by atoms with E-state index in [9.17, 15) is 4.79 Å². The molecule has 2 heterocycles. The van der Waals surface area contributed by atoms with Gasteiger partial charge in [-0.25, -0.2) is 4.98 Å². The first-order valence-corrected chi connectivity index (χ1v) is 7.97. The molecule has 0 radical (unpaired) electrons. The maximum Gasteiger partial charge on any atom is 0.136 e. The van der Waals surface area contributed by atoms with E-state index in [0.717, 1.165) is 27.6 Å². The fourth-order valence-electron chi connectivity index (χ4n) is 2.63. The highest BCUT2D eigenvalue weighted by Crippen LogP contribution is 2.43. The zero-order valence-electron chi connectivity index (χ0n) is 15.3. The van der Waals surface area contributed by atoms with E-state index in [0.29, 0.717) is 25.0 Å². The monoisotopic (exact) mass is 303 g/mol. The lowest BCUT2D eigenvalue weighted by Crippen LogP contribution is -2.31. The van der Waals surface area contributed by atoms with Crippen LogP contribution in [-0.4, -0.2) is 15.8 Å². The number of carbonyl (C=O) groups excluding carboxylic acids is 1. The van der Waals surface area contributed by atoms with Crippen molar-refractivity contribution < 1.29 is 8.91 Å². The van der Waals surface area contributed by atoms with Crippen LogP contribution in [0.3, 0.4) is 0 Å². The van der Waals surface area contributed by atoms with E-state index in [4.69, 9.17) is 4.11 Å². The first kappa shape index (κ1) is 11.1. The van der Waals surface area contributed by atoms with Gasteiger partial charge >= 0.3 is 0 Å². The minimum absolute atomic E-state index is 0.0848. The summed E-state index contributed by atoms with van der Waals surface area (Å²) < 4.78 is 23.8. The normalized spacial score (nSPS) is 19.2. The van der Waals surface area contributed by atoms with E-state index < -0.39 is 12.3 Å². The average Bonchev–Trinajstić information content (AvgIpc) is 2.76. The van der Waals surface area contributed by atoms with Crippen molar-refractivity contribution in [2.24, 2.45) is 0 Å². The lowest BCUT2D eigenvalue weighted by atomic mass is 9.68. The first-order valence-electron chi connectivity index (χ1n) is 8.65. The van der Waals surface area contributed by atoms with Crippen LogP contribution in [0.5, 0.6) is 0 Å². The summed E-state index contributed by atoms with van der Waals surface area (Å²) >= 11 is 1.49. The molecule has 0 spiro atoms. The number of ketones is 1. The van der Waals surface area contributed by atoms with Gasteiger partial charge in [-0.05, 0) is 44.4 Å². The van der Waals surface area contributed by atoms with E-state index in [1.54, 1.807) is 13.1 Å². The van der Waals surface area contributed by atoms with Gasteiger partial charge in [-0.2, -0.15) is 0 Å². The van der Waals surface area contributed by atoms with Gasteiger partial charge in [0.2, 0.25) is 0 Å². The molecule has 4 heteroatoms. The van der Waals surface area contributed by atoms with E-state index in [1.165, 1.54) is 11.3 Å². The Kier molecular flexibility index (Phi) is 2.81. The Morgan fingerprint density at radius 3 is 2.95 bits per heavy atom. The molecule has 110 valence electrons. The molecule has 0 aromatic carbocycles. The molecule has 1 aliphatic carbocycles. The number of thiazole rings is 1. The summed E-state index contributed by atoms with van der Waals surface area (Å²) in [6.07, 6.45) is 4.24. The molecular weight excluding hydrogens is 280 g/mol. The van der Waals surface area contributed by atoms with E-state index in [-0.39, 0.29) is 5.78 Å². The standard InChI is InChI=1S/C17H20N2OS/c1-11(20)9-15-19-12(2)16(21-15)13-5-8-18-14(10-13)17(3)6-4-7-17/h5,8,10H,4,6-7,9H2,1-3H3/i3D3. The minimum atomic E-state index is -2.04. The zero-order valence-corrected chi connectivity index (χ0v) is 13.1. The SMILES string of the molecule is [2H]C([2H])([2H])C1(c2cc(-c3sc(CC(C)=O)nc3C)ccn2)CCC1. The van der Waals surface area contributed by atoms with Crippen LogP contribution >= 0.6 is 11.3 Å². The molecule has 0 atom stereocenters. The van der Waals surface area contributed by atoms with Crippen LogP contribution in [0.4, 0.5) is 0 Å². The molecule has 3 rings (SSSR count). The molecular formula is C17H20N2OS. The van der Waals surface area contributed by atoms with Crippen molar-refractivity contribution in [3.05, 3.63) is 34.7 Å². The molecule has 2 aromatic heterocycles. The number of hydrogen-bond acceptors (Lipinski definition) is 4. The van der Waals surface area contributed by atoms with Crippen molar-refractivity contribution >= 4 is 17.1 Å². The third-order valence-corrected chi connectivity index (χ3v) is 5.17.